The van der Waals surface area contributed by atoms with E-state index < -0.39 is 5.54 Å². The van der Waals surface area contributed by atoms with Crippen molar-refractivity contribution in [1.29, 1.82) is 0 Å². The van der Waals surface area contributed by atoms with Crippen molar-refractivity contribution in [3.8, 4) is 0 Å². The molecule has 6 heteroatoms. The maximum absolute atomic E-state index is 12.5. The maximum Gasteiger partial charge on any atom is 0.240 e. The summed E-state index contributed by atoms with van der Waals surface area (Å²) in [5.41, 5.74) is 6.66. The summed E-state index contributed by atoms with van der Waals surface area (Å²) >= 11 is 0. The van der Waals surface area contributed by atoms with E-state index in [1.807, 2.05) is 23.1 Å². The fraction of sp³-hybridized carbons (Fsp3) is 0.579. The molecule has 3 unspecified atom stereocenters. The summed E-state index contributed by atoms with van der Waals surface area (Å²) in [6.07, 6.45) is 2.44. The highest BCUT2D eigenvalue weighted by Gasteiger charge is 2.48. The standard InChI is InChI=1S/C19H25N3O3/c20-19(6-8-25-9-7-19)18(24)21-14-10-17(23)22(12-14)16-11-15(16)13-4-2-1-3-5-13/h1-5,14-16H,6-12,20H2,(H,21,24). The second-order valence-electron chi connectivity index (χ2n) is 7.51. The van der Waals surface area contributed by atoms with Crippen molar-refractivity contribution in [2.24, 2.45) is 5.73 Å². The lowest BCUT2D eigenvalue weighted by Gasteiger charge is -2.32. The van der Waals surface area contributed by atoms with E-state index in [1.165, 1.54) is 5.56 Å². The molecule has 1 aliphatic carbocycles. The van der Waals surface area contributed by atoms with E-state index in [0.717, 1.165) is 6.42 Å². The molecule has 0 radical (unpaired) electrons. The fourth-order valence-electron chi connectivity index (χ4n) is 4.03. The van der Waals surface area contributed by atoms with Crippen molar-refractivity contribution < 1.29 is 14.3 Å². The van der Waals surface area contributed by atoms with Gasteiger partial charge >= 0.3 is 0 Å². The summed E-state index contributed by atoms with van der Waals surface area (Å²) in [6, 6.07) is 10.4. The average Bonchev–Trinajstić information content (AvgIpc) is 3.33. The SMILES string of the molecule is NC1(C(=O)NC2CC(=O)N(C3CC3c3ccccc3)C2)CCOCC1. The highest BCUT2D eigenvalue weighted by molar-refractivity contribution is 5.88. The van der Waals surface area contributed by atoms with Gasteiger partial charge in [-0.25, -0.2) is 0 Å². The Morgan fingerprint density at radius 2 is 1.96 bits per heavy atom. The molecule has 6 nitrogen and oxygen atoms in total. The van der Waals surface area contributed by atoms with E-state index in [1.54, 1.807) is 0 Å². The Kier molecular flexibility index (Phi) is 4.25. The summed E-state index contributed by atoms with van der Waals surface area (Å²) in [4.78, 5) is 26.9. The molecule has 2 aliphatic heterocycles. The topological polar surface area (TPSA) is 84.7 Å². The van der Waals surface area contributed by atoms with Crippen LogP contribution in [-0.4, -0.2) is 54.1 Å². The van der Waals surface area contributed by atoms with Crippen molar-refractivity contribution in [2.75, 3.05) is 19.8 Å². The van der Waals surface area contributed by atoms with Crippen LogP contribution in [0.25, 0.3) is 0 Å². The second kappa shape index (κ2) is 6.42. The van der Waals surface area contributed by atoms with Gasteiger partial charge in [-0.2, -0.15) is 0 Å². The molecule has 2 amide bonds. The Morgan fingerprint density at radius 1 is 1.24 bits per heavy atom. The quantitative estimate of drug-likeness (QED) is 0.846. The van der Waals surface area contributed by atoms with Crippen molar-refractivity contribution in [3.63, 3.8) is 0 Å². The molecule has 1 saturated carbocycles. The first-order chi connectivity index (χ1) is 12.1. The molecule has 1 aromatic rings. The largest absolute Gasteiger partial charge is 0.381 e. The highest BCUT2D eigenvalue weighted by Crippen LogP contribution is 2.45. The van der Waals surface area contributed by atoms with E-state index >= 15 is 0 Å². The summed E-state index contributed by atoms with van der Waals surface area (Å²) in [6.45, 7) is 1.62. The lowest BCUT2D eigenvalue weighted by molar-refractivity contribution is -0.130. The van der Waals surface area contributed by atoms with Gasteiger partial charge < -0.3 is 20.7 Å². The Hall–Kier alpha value is -1.92. The van der Waals surface area contributed by atoms with Crippen LogP contribution >= 0.6 is 0 Å². The summed E-state index contributed by atoms with van der Waals surface area (Å²) in [5.74, 6) is 0.411. The van der Waals surface area contributed by atoms with Gasteiger partial charge in [-0.1, -0.05) is 30.3 Å². The van der Waals surface area contributed by atoms with Gasteiger partial charge in [0.25, 0.3) is 0 Å². The monoisotopic (exact) mass is 343 g/mol. The summed E-state index contributed by atoms with van der Waals surface area (Å²) < 4.78 is 5.29. The van der Waals surface area contributed by atoms with Crippen LogP contribution in [0.5, 0.6) is 0 Å². The molecule has 0 spiro atoms. The molecular formula is C19H25N3O3. The van der Waals surface area contributed by atoms with E-state index in [9.17, 15) is 9.59 Å². The van der Waals surface area contributed by atoms with Crippen LogP contribution in [0.1, 0.15) is 37.2 Å². The van der Waals surface area contributed by atoms with Crippen molar-refractivity contribution in [2.45, 2.75) is 49.2 Å². The molecule has 0 bridgehead atoms. The summed E-state index contributed by atoms with van der Waals surface area (Å²) in [5, 5.41) is 3.00. The molecule has 2 heterocycles. The van der Waals surface area contributed by atoms with Crippen LogP contribution in [0.2, 0.25) is 0 Å². The number of nitrogens with two attached hydrogens (primary N) is 1. The molecule has 134 valence electrons. The third-order valence-corrected chi connectivity index (χ3v) is 5.72. The van der Waals surface area contributed by atoms with Gasteiger partial charge in [0.05, 0.1) is 11.6 Å². The molecule has 4 rings (SSSR count). The second-order valence-corrected chi connectivity index (χ2v) is 7.51. The zero-order chi connectivity index (χ0) is 17.4. The van der Waals surface area contributed by atoms with E-state index in [-0.39, 0.29) is 23.9 Å². The zero-order valence-corrected chi connectivity index (χ0v) is 14.3. The molecule has 25 heavy (non-hydrogen) atoms. The first kappa shape index (κ1) is 16.5. The van der Waals surface area contributed by atoms with Crippen LogP contribution in [-0.2, 0) is 14.3 Å². The zero-order valence-electron chi connectivity index (χ0n) is 14.3. The molecule has 3 atom stereocenters. The number of likely N-dealkylation sites (tertiary alicyclic amines) is 1. The molecule has 1 aromatic carbocycles. The van der Waals surface area contributed by atoms with Crippen LogP contribution in [0, 0.1) is 0 Å². The van der Waals surface area contributed by atoms with E-state index in [4.69, 9.17) is 10.5 Å². The van der Waals surface area contributed by atoms with Crippen molar-refractivity contribution in [3.05, 3.63) is 35.9 Å². The van der Waals surface area contributed by atoms with Crippen LogP contribution in [0.15, 0.2) is 30.3 Å². The van der Waals surface area contributed by atoms with Crippen molar-refractivity contribution in [1.82, 2.24) is 10.2 Å². The van der Waals surface area contributed by atoms with Crippen molar-refractivity contribution >= 4 is 11.8 Å². The predicted octanol–water partition coefficient (Wildman–Crippen LogP) is 0.768. The van der Waals surface area contributed by atoms with Gasteiger partial charge in [-0.05, 0) is 24.8 Å². The number of benzene rings is 1. The van der Waals surface area contributed by atoms with Gasteiger partial charge in [0.15, 0.2) is 0 Å². The van der Waals surface area contributed by atoms with Gasteiger partial charge in [-0.3, -0.25) is 9.59 Å². The number of nitrogens with one attached hydrogen (secondary N) is 1. The Balaban J connectivity index is 1.34. The molecule has 2 saturated heterocycles. The fourth-order valence-corrected chi connectivity index (χ4v) is 4.03. The number of carbonyl (C=O) groups excluding carboxylic acids is 2. The molecule has 3 aliphatic rings. The van der Waals surface area contributed by atoms with Crippen LogP contribution in [0.4, 0.5) is 0 Å². The normalized spacial score (nSPS) is 31.0. The maximum atomic E-state index is 12.5. The first-order valence-corrected chi connectivity index (χ1v) is 9.09. The van der Waals surface area contributed by atoms with Gasteiger partial charge in [0.2, 0.25) is 11.8 Å². The minimum absolute atomic E-state index is 0.131. The lowest BCUT2D eigenvalue weighted by Crippen LogP contribution is -2.59. The van der Waals surface area contributed by atoms with Crippen LogP contribution < -0.4 is 11.1 Å². The number of hydrogen-bond acceptors (Lipinski definition) is 4. The van der Waals surface area contributed by atoms with E-state index in [0.29, 0.717) is 44.9 Å². The van der Waals surface area contributed by atoms with Gasteiger partial charge in [0, 0.05) is 38.1 Å². The summed E-state index contributed by atoms with van der Waals surface area (Å²) in [7, 11) is 0. The Bertz CT molecular complexity index is 657. The third kappa shape index (κ3) is 3.28. The number of rotatable bonds is 4. The minimum Gasteiger partial charge on any atom is -0.381 e. The molecule has 0 aromatic heterocycles. The van der Waals surface area contributed by atoms with Gasteiger partial charge in [0.1, 0.15) is 0 Å². The first-order valence-electron chi connectivity index (χ1n) is 9.09. The molecular weight excluding hydrogens is 318 g/mol. The average molecular weight is 343 g/mol. The minimum atomic E-state index is -0.860. The number of ether oxygens (including phenoxy) is 1. The van der Waals surface area contributed by atoms with Crippen LogP contribution in [0.3, 0.4) is 0 Å². The highest BCUT2D eigenvalue weighted by atomic mass is 16.5. The molecule has 3 N–H and O–H groups in total. The van der Waals surface area contributed by atoms with Gasteiger partial charge in [-0.15, -0.1) is 0 Å². The number of hydrogen-bond donors (Lipinski definition) is 2. The third-order valence-electron chi connectivity index (χ3n) is 5.72. The van der Waals surface area contributed by atoms with E-state index in [2.05, 4.69) is 17.4 Å². The Labute approximate surface area is 147 Å². The molecule has 3 fully saturated rings. The number of carbonyl (C=O) groups is 2. The number of nitrogens with zero attached hydrogens (tertiary/aromatic N) is 1. The lowest BCUT2D eigenvalue weighted by atomic mass is 9.90. The smallest absolute Gasteiger partial charge is 0.240 e. The predicted molar refractivity (Wildman–Crippen MR) is 92.8 cm³/mol. The number of amides is 2. The Morgan fingerprint density at radius 3 is 2.68 bits per heavy atom.